The maximum absolute atomic E-state index is 13.8. The van der Waals surface area contributed by atoms with E-state index >= 15 is 0 Å². The first kappa shape index (κ1) is 40.5. The Morgan fingerprint density at radius 2 is 1.79 bits per heavy atom. The van der Waals surface area contributed by atoms with E-state index in [2.05, 4.69) is 30.6 Å². The number of hydrogen-bond acceptors (Lipinski definition) is 9. The first-order valence-electron chi connectivity index (χ1n) is 18.9. The molecule has 1 saturated carbocycles. The third-order valence-corrected chi connectivity index (χ3v) is 16.8. The molecule has 1 aliphatic carbocycles. The van der Waals surface area contributed by atoms with Crippen molar-refractivity contribution in [3.63, 3.8) is 0 Å². The molecule has 2 heterocycles. The van der Waals surface area contributed by atoms with Gasteiger partial charge < -0.3 is 28.6 Å². The molecular formula is C38H56N4O9SSi. The third-order valence-electron chi connectivity index (χ3n) is 10.3. The van der Waals surface area contributed by atoms with Crippen LogP contribution in [0.4, 0.5) is 10.5 Å². The minimum Gasteiger partial charge on any atom is -0.492 e. The topological polar surface area (TPSA) is 159 Å². The van der Waals surface area contributed by atoms with Gasteiger partial charge in [-0.1, -0.05) is 39.3 Å². The summed E-state index contributed by atoms with van der Waals surface area (Å²) in [5.41, 5.74) is 1.02. The average molecular weight is 773 g/mol. The van der Waals surface area contributed by atoms with Crippen LogP contribution in [0.2, 0.25) is 18.1 Å². The highest BCUT2D eigenvalue weighted by Gasteiger charge is 2.36. The van der Waals surface area contributed by atoms with Gasteiger partial charge in [-0.25, -0.2) is 22.7 Å². The minimum absolute atomic E-state index is 0.0476. The summed E-state index contributed by atoms with van der Waals surface area (Å²) in [6, 6.07) is 15.1. The van der Waals surface area contributed by atoms with E-state index in [1.807, 2.05) is 39.0 Å². The Hall–Kier alpha value is -3.66. The van der Waals surface area contributed by atoms with Crippen molar-refractivity contribution in [2.24, 2.45) is 0 Å². The van der Waals surface area contributed by atoms with Crippen molar-refractivity contribution in [3.8, 4) is 5.75 Å². The fourth-order valence-electron chi connectivity index (χ4n) is 6.80. The van der Waals surface area contributed by atoms with E-state index in [-0.39, 0.29) is 36.9 Å². The molecular weight excluding hydrogens is 717 g/mol. The van der Waals surface area contributed by atoms with Crippen molar-refractivity contribution in [2.75, 3.05) is 31.0 Å². The zero-order valence-corrected chi connectivity index (χ0v) is 33.7. The summed E-state index contributed by atoms with van der Waals surface area (Å²) in [7, 11) is -5.75. The molecule has 292 valence electrons. The molecule has 53 heavy (non-hydrogen) atoms. The number of rotatable bonds is 17. The Morgan fingerprint density at radius 1 is 1.06 bits per heavy atom. The summed E-state index contributed by atoms with van der Waals surface area (Å²) in [6.45, 7) is 12.9. The molecule has 15 heteroatoms. The first-order chi connectivity index (χ1) is 25.2. The standard InChI is InChI=1S/C38H56N4O9SSi/c1-7-53(8-2,9-3)51-33(27-14-12-15-28(24-27)40-52(46,47)30-16-13-17-30)26-41(37(45)50-38(4,5)6)21-23-48-29-19-20-31-32(25-29)42(39-35(31)36(43)44)34-18-10-11-22-49-34/h12,14-15,19-20,24-25,30,33-34,40H,7-11,13,16-18,21-23,26H2,1-6H3,(H,43,44)/t33-,34?/m1/s1. The van der Waals surface area contributed by atoms with E-state index in [4.69, 9.17) is 18.6 Å². The highest BCUT2D eigenvalue weighted by molar-refractivity contribution is 7.93. The van der Waals surface area contributed by atoms with E-state index in [1.165, 1.54) is 0 Å². The predicted molar refractivity (Wildman–Crippen MR) is 206 cm³/mol. The normalized spacial score (nSPS) is 17.6. The average Bonchev–Trinajstić information content (AvgIpc) is 3.47. The van der Waals surface area contributed by atoms with Gasteiger partial charge in [0.2, 0.25) is 10.0 Å². The molecule has 2 aromatic carbocycles. The molecule has 1 amide bonds. The number of carbonyl (C=O) groups excluding carboxylic acids is 1. The van der Waals surface area contributed by atoms with Crippen LogP contribution in [0.25, 0.3) is 10.9 Å². The van der Waals surface area contributed by atoms with Gasteiger partial charge in [-0.3, -0.25) is 4.72 Å². The van der Waals surface area contributed by atoms with Gasteiger partial charge in [-0.15, -0.1) is 0 Å². The summed E-state index contributed by atoms with van der Waals surface area (Å²) >= 11 is 0. The highest BCUT2D eigenvalue weighted by Crippen LogP contribution is 2.34. The van der Waals surface area contributed by atoms with Crippen LogP contribution in [-0.2, 0) is 23.9 Å². The van der Waals surface area contributed by atoms with E-state index in [0.29, 0.717) is 41.8 Å². The fourth-order valence-corrected chi connectivity index (χ4v) is 11.2. The summed E-state index contributed by atoms with van der Waals surface area (Å²) in [5, 5.41) is 14.3. The van der Waals surface area contributed by atoms with Crippen LogP contribution >= 0.6 is 0 Å². The maximum Gasteiger partial charge on any atom is 0.410 e. The minimum atomic E-state index is -3.51. The number of ether oxygens (including phenoxy) is 3. The third kappa shape index (κ3) is 10.1. The SMILES string of the molecule is CC[Si](CC)(CC)O[C@H](CN(CCOc1ccc2c(C(=O)O)nn(C3CCCCO3)c2c1)C(=O)OC(C)(C)C)c1cccc(NS(=O)(=O)C2CCC2)c1. The lowest BCUT2D eigenvalue weighted by Crippen LogP contribution is -2.45. The second kappa shape index (κ2) is 17.2. The van der Waals surface area contributed by atoms with E-state index < -0.39 is 42.1 Å². The van der Waals surface area contributed by atoms with Crippen molar-refractivity contribution in [2.45, 2.75) is 121 Å². The number of sulfonamides is 1. The van der Waals surface area contributed by atoms with Crippen molar-refractivity contribution < 1.29 is 41.7 Å². The van der Waals surface area contributed by atoms with Crippen LogP contribution in [0, 0.1) is 0 Å². The van der Waals surface area contributed by atoms with Crippen LogP contribution in [0.1, 0.15) is 108 Å². The monoisotopic (exact) mass is 772 g/mol. The number of hydrogen-bond donors (Lipinski definition) is 2. The molecule has 0 bridgehead atoms. The van der Waals surface area contributed by atoms with E-state index in [9.17, 15) is 23.1 Å². The number of aromatic carboxylic acids is 1. The van der Waals surface area contributed by atoms with Crippen LogP contribution in [-0.4, -0.2) is 85.7 Å². The van der Waals surface area contributed by atoms with Gasteiger partial charge in [0.1, 0.15) is 18.0 Å². The molecule has 1 aromatic heterocycles. The quantitative estimate of drug-likeness (QED) is 0.128. The summed E-state index contributed by atoms with van der Waals surface area (Å²) < 4.78 is 55.5. The summed E-state index contributed by atoms with van der Waals surface area (Å²) in [4.78, 5) is 27.4. The molecule has 3 aromatic rings. The van der Waals surface area contributed by atoms with Crippen LogP contribution in [0.15, 0.2) is 42.5 Å². The first-order valence-corrected chi connectivity index (χ1v) is 23.0. The second-order valence-electron chi connectivity index (χ2n) is 15.0. The molecule has 2 atom stereocenters. The van der Waals surface area contributed by atoms with Crippen LogP contribution < -0.4 is 9.46 Å². The summed E-state index contributed by atoms with van der Waals surface area (Å²) in [6.07, 6.45) is 3.38. The van der Waals surface area contributed by atoms with E-state index in [1.54, 1.807) is 33.8 Å². The van der Waals surface area contributed by atoms with Crippen molar-refractivity contribution >= 4 is 47.0 Å². The number of nitrogens with zero attached hydrogens (tertiary/aromatic N) is 3. The Labute approximate surface area is 314 Å². The fraction of sp³-hybridized carbons (Fsp3) is 0.605. The van der Waals surface area contributed by atoms with Gasteiger partial charge in [-0.05, 0) is 101 Å². The molecule has 5 rings (SSSR count). The molecule has 1 aliphatic heterocycles. The second-order valence-corrected chi connectivity index (χ2v) is 21.7. The molecule has 1 unspecified atom stereocenters. The van der Waals surface area contributed by atoms with Crippen molar-refractivity contribution in [1.82, 2.24) is 14.7 Å². The van der Waals surface area contributed by atoms with Gasteiger partial charge >= 0.3 is 12.1 Å². The largest absolute Gasteiger partial charge is 0.492 e. The predicted octanol–water partition coefficient (Wildman–Crippen LogP) is 8.11. The Morgan fingerprint density at radius 3 is 2.40 bits per heavy atom. The number of carboxylic acids is 1. The Balaban J connectivity index is 1.41. The zero-order valence-electron chi connectivity index (χ0n) is 31.9. The molecule has 0 radical (unpaired) electrons. The zero-order chi connectivity index (χ0) is 38.4. The van der Waals surface area contributed by atoms with Crippen LogP contribution in [0.5, 0.6) is 5.75 Å². The molecule has 0 spiro atoms. The molecule has 2 N–H and O–H groups in total. The van der Waals surface area contributed by atoms with E-state index in [0.717, 1.165) is 49.4 Å². The number of carbonyl (C=O) groups is 2. The lowest BCUT2D eigenvalue weighted by Gasteiger charge is -2.36. The Bertz CT molecular complexity index is 1820. The molecule has 1 saturated heterocycles. The number of aromatic nitrogens is 2. The van der Waals surface area contributed by atoms with Gasteiger partial charge in [-0.2, -0.15) is 5.10 Å². The molecule has 2 fully saturated rings. The Kier molecular flexibility index (Phi) is 13.2. The van der Waals surface area contributed by atoms with Gasteiger partial charge in [0, 0.05) is 23.7 Å². The smallest absolute Gasteiger partial charge is 0.410 e. The lowest BCUT2D eigenvalue weighted by atomic mass is 10.0. The molecule has 13 nitrogen and oxygen atoms in total. The number of carboxylic acid groups (broad SMARTS) is 1. The number of fused-ring (bicyclic) bond motifs is 1. The maximum atomic E-state index is 13.8. The number of benzene rings is 2. The van der Waals surface area contributed by atoms with Gasteiger partial charge in [0.25, 0.3) is 0 Å². The number of amides is 1. The van der Waals surface area contributed by atoms with Gasteiger partial charge in [0.05, 0.1) is 30.0 Å². The lowest BCUT2D eigenvalue weighted by molar-refractivity contribution is -0.0368. The highest BCUT2D eigenvalue weighted by atomic mass is 32.2. The van der Waals surface area contributed by atoms with Crippen molar-refractivity contribution in [1.29, 1.82) is 0 Å². The molecule has 2 aliphatic rings. The van der Waals surface area contributed by atoms with Crippen molar-refractivity contribution in [3.05, 3.63) is 53.7 Å². The van der Waals surface area contributed by atoms with Crippen LogP contribution in [0.3, 0.4) is 0 Å². The number of anilines is 1. The summed E-state index contributed by atoms with van der Waals surface area (Å²) in [5.74, 6) is -0.630. The number of nitrogens with one attached hydrogen (secondary N) is 1. The van der Waals surface area contributed by atoms with Gasteiger partial charge in [0.15, 0.2) is 20.2 Å².